The van der Waals surface area contributed by atoms with Crippen molar-refractivity contribution in [3.05, 3.63) is 35.7 Å². The predicted molar refractivity (Wildman–Crippen MR) is 97.5 cm³/mol. The largest absolute Gasteiger partial charge is 0.400 e. The summed E-state index contributed by atoms with van der Waals surface area (Å²) in [6, 6.07) is 6.53. The molecule has 3 rings (SSSR count). The van der Waals surface area contributed by atoms with Gasteiger partial charge in [-0.1, -0.05) is 39.3 Å². The first-order valence-corrected chi connectivity index (χ1v) is 8.10. The molecule has 0 spiro atoms. The van der Waals surface area contributed by atoms with E-state index in [0.717, 1.165) is 37.0 Å². The first kappa shape index (κ1) is 19.4. The Bertz CT molecular complexity index is 620. The molecule has 3 N–H and O–H groups in total. The van der Waals surface area contributed by atoms with E-state index in [1.54, 1.807) is 0 Å². The maximum Gasteiger partial charge on any atom is 0.130 e. The van der Waals surface area contributed by atoms with Gasteiger partial charge < -0.3 is 15.2 Å². The van der Waals surface area contributed by atoms with Gasteiger partial charge in [0.1, 0.15) is 5.82 Å². The van der Waals surface area contributed by atoms with Crippen LogP contribution >= 0.6 is 0 Å². The van der Waals surface area contributed by atoms with Crippen molar-refractivity contribution in [2.75, 3.05) is 14.2 Å². The lowest BCUT2D eigenvalue weighted by molar-refractivity contribution is 0.389. The molecule has 4 heteroatoms. The summed E-state index contributed by atoms with van der Waals surface area (Å²) in [5, 5.41) is 14.0. The molecule has 2 aromatic rings. The molecule has 1 fully saturated rings. The Hall–Kier alpha value is -1.65. The number of imidazole rings is 1. The quantitative estimate of drug-likeness (QED) is 0.787. The van der Waals surface area contributed by atoms with Crippen LogP contribution in [0.15, 0.2) is 24.3 Å². The van der Waals surface area contributed by atoms with Crippen LogP contribution in [0.3, 0.4) is 0 Å². The van der Waals surface area contributed by atoms with E-state index in [0.29, 0.717) is 0 Å². The highest BCUT2D eigenvalue weighted by molar-refractivity contribution is 5.77. The second-order valence-corrected chi connectivity index (χ2v) is 6.65. The molecule has 0 unspecified atom stereocenters. The van der Waals surface area contributed by atoms with Crippen LogP contribution in [0.2, 0.25) is 0 Å². The zero-order valence-corrected chi connectivity index (χ0v) is 14.9. The fourth-order valence-electron chi connectivity index (χ4n) is 2.43. The summed E-state index contributed by atoms with van der Waals surface area (Å²) < 4.78 is 0. The van der Waals surface area contributed by atoms with Crippen molar-refractivity contribution < 1.29 is 10.2 Å². The van der Waals surface area contributed by atoms with E-state index in [2.05, 4.69) is 61.1 Å². The normalized spacial score (nSPS) is 14.7. The molecule has 1 aromatic carbocycles. The van der Waals surface area contributed by atoms with E-state index in [1.807, 2.05) is 0 Å². The minimum absolute atomic E-state index is 0.182. The van der Waals surface area contributed by atoms with Crippen LogP contribution in [0.1, 0.15) is 51.4 Å². The van der Waals surface area contributed by atoms with E-state index in [1.165, 1.54) is 24.8 Å². The third-order valence-corrected chi connectivity index (χ3v) is 4.04. The molecule has 0 bridgehead atoms. The number of rotatable bonds is 2. The molecule has 1 aliphatic rings. The molecule has 23 heavy (non-hydrogen) atoms. The molecule has 1 heterocycles. The van der Waals surface area contributed by atoms with Crippen molar-refractivity contribution >= 4 is 17.1 Å². The van der Waals surface area contributed by atoms with Crippen molar-refractivity contribution in [3.63, 3.8) is 0 Å². The fourth-order valence-corrected chi connectivity index (χ4v) is 2.43. The maximum absolute atomic E-state index is 7.00. The van der Waals surface area contributed by atoms with E-state index in [4.69, 9.17) is 10.2 Å². The Balaban J connectivity index is 0.000000615. The van der Waals surface area contributed by atoms with Crippen LogP contribution in [0.4, 0.5) is 0 Å². The number of nitrogens with zero attached hydrogens (tertiary/aromatic N) is 1. The highest BCUT2D eigenvalue weighted by Gasteiger charge is 2.15. The van der Waals surface area contributed by atoms with Crippen molar-refractivity contribution in [1.29, 1.82) is 0 Å². The molecule has 4 nitrogen and oxygen atoms in total. The standard InChI is InChI=1S/C17H22N2.2CH4O/c1-17(2,3)13-8-9-14-15(11-13)19-16(18-14)10-7-12-5-4-6-12;2*1-2/h7-12H,4-6H2,1-3H3,(H,18,19);2*2H,1H3/b10-7-;;. The number of benzene rings is 1. The van der Waals surface area contributed by atoms with Gasteiger partial charge in [-0.05, 0) is 47.9 Å². The number of nitrogens with one attached hydrogen (secondary N) is 1. The lowest BCUT2D eigenvalue weighted by atomic mass is 9.85. The van der Waals surface area contributed by atoms with Gasteiger partial charge in [0.05, 0.1) is 11.0 Å². The molecular weight excluding hydrogens is 288 g/mol. The number of hydrogen-bond acceptors (Lipinski definition) is 3. The van der Waals surface area contributed by atoms with Crippen LogP contribution in [0, 0.1) is 5.92 Å². The van der Waals surface area contributed by atoms with Gasteiger partial charge in [-0.15, -0.1) is 0 Å². The highest BCUT2D eigenvalue weighted by Crippen LogP contribution is 2.28. The van der Waals surface area contributed by atoms with Gasteiger partial charge in [0.2, 0.25) is 0 Å². The molecule has 0 amide bonds. The Morgan fingerprint density at radius 3 is 2.30 bits per heavy atom. The summed E-state index contributed by atoms with van der Waals surface area (Å²) in [7, 11) is 2.00. The number of fused-ring (bicyclic) bond motifs is 1. The fraction of sp³-hybridized carbons (Fsp3) is 0.526. The topological polar surface area (TPSA) is 69.1 Å². The van der Waals surface area contributed by atoms with Gasteiger partial charge >= 0.3 is 0 Å². The molecule has 1 aliphatic carbocycles. The molecule has 128 valence electrons. The smallest absolute Gasteiger partial charge is 0.130 e. The summed E-state index contributed by atoms with van der Waals surface area (Å²) in [4.78, 5) is 8.04. The minimum atomic E-state index is 0.182. The van der Waals surface area contributed by atoms with E-state index < -0.39 is 0 Å². The van der Waals surface area contributed by atoms with Gasteiger partial charge in [0, 0.05) is 14.2 Å². The third-order valence-electron chi connectivity index (χ3n) is 4.04. The Kier molecular flexibility index (Phi) is 7.46. The van der Waals surface area contributed by atoms with Gasteiger partial charge in [0.15, 0.2) is 0 Å². The number of aromatic nitrogens is 2. The van der Waals surface area contributed by atoms with Gasteiger partial charge in [-0.25, -0.2) is 4.98 Å². The van der Waals surface area contributed by atoms with Crippen LogP contribution in [-0.2, 0) is 5.41 Å². The summed E-state index contributed by atoms with van der Waals surface area (Å²) in [5.74, 6) is 1.76. The second-order valence-electron chi connectivity index (χ2n) is 6.65. The Labute approximate surface area is 139 Å². The second kappa shape index (κ2) is 8.85. The Morgan fingerprint density at radius 2 is 1.78 bits per heavy atom. The summed E-state index contributed by atoms with van der Waals surface area (Å²) in [6.45, 7) is 6.71. The number of aromatic amines is 1. The van der Waals surface area contributed by atoms with Crippen LogP contribution in [-0.4, -0.2) is 34.4 Å². The van der Waals surface area contributed by atoms with Crippen molar-refractivity contribution in [1.82, 2.24) is 9.97 Å². The maximum atomic E-state index is 7.00. The van der Waals surface area contributed by atoms with Crippen LogP contribution < -0.4 is 0 Å². The molecule has 1 aromatic heterocycles. The minimum Gasteiger partial charge on any atom is -0.400 e. The SMILES string of the molecule is CC(C)(C)c1ccc2nc(/C=C\C3CCC3)[nH]c2c1.CO.CO. The first-order chi connectivity index (χ1) is 11.0. The first-order valence-electron chi connectivity index (χ1n) is 8.10. The van der Waals surface area contributed by atoms with Gasteiger partial charge in [-0.3, -0.25) is 0 Å². The molecule has 0 aliphatic heterocycles. The predicted octanol–water partition coefficient (Wildman–Crippen LogP) is 3.89. The third kappa shape index (κ3) is 5.19. The highest BCUT2D eigenvalue weighted by atomic mass is 16.2. The van der Waals surface area contributed by atoms with E-state index in [-0.39, 0.29) is 5.41 Å². The van der Waals surface area contributed by atoms with Gasteiger partial charge in [-0.2, -0.15) is 0 Å². The number of H-pyrrole nitrogens is 1. The lowest BCUT2D eigenvalue weighted by Crippen LogP contribution is -2.10. The van der Waals surface area contributed by atoms with E-state index >= 15 is 0 Å². The van der Waals surface area contributed by atoms with E-state index in [9.17, 15) is 0 Å². The Morgan fingerprint density at radius 1 is 1.13 bits per heavy atom. The van der Waals surface area contributed by atoms with Crippen molar-refractivity contribution in [2.24, 2.45) is 5.92 Å². The number of aliphatic hydroxyl groups is 2. The number of allylic oxidation sites excluding steroid dienone is 1. The number of hydrogen-bond donors (Lipinski definition) is 3. The van der Waals surface area contributed by atoms with Crippen molar-refractivity contribution in [2.45, 2.75) is 45.4 Å². The van der Waals surface area contributed by atoms with Crippen molar-refractivity contribution in [3.8, 4) is 0 Å². The summed E-state index contributed by atoms with van der Waals surface area (Å²) >= 11 is 0. The van der Waals surface area contributed by atoms with Gasteiger partial charge in [0.25, 0.3) is 0 Å². The summed E-state index contributed by atoms with van der Waals surface area (Å²) in [5.41, 5.74) is 3.72. The molecule has 0 radical (unpaired) electrons. The molecular formula is C19H30N2O2. The van der Waals surface area contributed by atoms with Crippen LogP contribution in [0.25, 0.3) is 17.1 Å². The average Bonchev–Trinajstić information content (AvgIpc) is 2.90. The van der Waals surface area contributed by atoms with Crippen LogP contribution in [0.5, 0.6) is 0 Å². The zero-order valence-electron chi connectivity index (χ0n) is 14.9. The summed E-state index contributed by atoms with van der Waals surface area (Å²) in [6.07, 6.45) is 8.49. The molecule has 1 saturated carbocycles. The average molecular weight is 318 g/mol. The molecule has 0 saturated heterocycles. The number of aliphatic hydroxyl groups excluding tert-OH is 2. The molecule has 0 atom stereocenters. The lowest BCUT2D eigenvalue weighted by Gasteiger charge is -2.20. The monoisotopic (exact) mass is 318 g/mol. The zero-order chi connectivity index (χ0) is 17.5.